The third kappa shape index (κ3) is 7.18. The fourth-order valence-corrected chi connectivity index (χ4v) is 8.30. The van der Waals surface area contributed by atoms with Crippen LogP contribution < -0.4 is 9.47 Å². The average molecular weight is 667 g/mol. The quantitative estimate of drug-likeness (QED) is 0.115. The fourth-order valence-electron chi connectivity index (χ4n) is 5.29. The smallest absolute Gasteiger partial charge is 0.149 e. The van der Waals surface area contributed by atoms with Crippen molar-refractivity contribution >= 4 is 45.4 Å². The molecule has 2 aromatic heterocycles. The van der Waals surface area contributed by atoms with Crippen molar-refractivity contribution < 1.29 is 13.9 Å². The van der Waals surface area contributed by atoms with E-state index in [1.807, 2.05) is 36.4 Å². The molecule has 0 saturated heterocycles. The lowest BCUT2D eigenvalue weighted by atomic mass is 10.0. The molecule has 6 rings (SSSR count). The molecule has 1 unspecified atom stereocenters. The fraction of sp³-hybridized carbons (Fsp3) is 0.263. The molecule has 46 heavy (non-hydrogen) atoms. The van der Waals surface area contributed by atoms with Gasteiger partial charge in [-0.2, -0.15) is 8.73 Å². The van der Waals surface area contributed by atoms with Crippen molar-refractivity contribution in [2.75, 3.05) is 13.2 Å². The molecule has 1 aliphatic heterocycles. The number of fused-ring (bicyclic) bond motifs is 1. The first-order chi connectivity index (χ1) is 22.6. The van der Waals surface area contributed by atoms with Crippen LogP contribution in [0, 0.1) is 23.6 Å². The summed E-state index contributed by atoms with van der Waals surface area (Å²) in [6, 6.07) is 25.6. The second kappa shape index (κ2) is 15.0. The Morgan fingerprint density at radius 1 is 0.761 bits per heavy atom. The van der Waals surface area contributed by atoms with E-state index in [2.05, 4.69) is 70.8 Å². The first kappa shape index (κ1) is 31.9. The van der Waals surface area contributed by atoms with Crippen molar-refractivity contribution in [3.63, 3.8) is 0 Å². The second-order valence-corrected chi connectivity index (χ2v) is 13.7. The molecule has 4 nitrogen and oxygen atoms in total. The number of halogens is 1. The van der Waals surface area contributed by atoms with Crippen LogP contribution in [0.25, 0.3) is 41.8 Å². The van der Waals surface area contributed by atoms with E-state index >= 15 is 4.39 Å². The molecule has 5 aromatic rings. The number of ether oxygens (including phenoxy) is 2. The Labute approximate surface area is 282 Å². The van der Waals surface area contributed by atoms with E-state index in [1.165, 1.54) is 19.3 Å². The van der Waals surface area contributed by atoms with Crippen LogP contribution in [0.1, 0.15) is 46.5 Å². The molecular formula is C38H35FN2O2S3. The van der Waals surface area contributed by atoms with Crippen LogP contribution in [0.4, 0.5) is 15.8 Å². The van der Waals surface area contributed by atoms with Crippen molar-refractivity contribution in [2.45, 2.75) is 46.5 Å². The van der Waals surface area contributed by atoms with Gasteiger partial charge in [-0.1, -0.05) is 57.2 Å². The van der Waals surface area contributed by atoms with E-state index in [0.717, 1.165) is 83.5 Å². The standard InChI is InChI=1S/C38H35FN2O2S3/c1-4-7-9-25(6-3)24-43-30-17-12-27(13-18-30)33-20-21-34(44-33)38-36-35(40-46-41-36)37(45-38)31-19-14-28(23-32(31)39)26-10-15-29(16-11-26)42-22-8-5-2/h10-21,23,25H,4,6-7,9,22,24H2,1-3H3. The Hall–Kier alpha value is -4.03. The van der Waals surface area contributed by atoms with Crippen molar-refractivity contribution in [2.24, 2.45) is 14.6 Å². The van der Waals surface area contributed by atoms with Gasteiger partial charge in [0.1, 0.15) is 35.3 Å². The minimum Gasteiger partial charge on any atom is -0.493 e. The van der Waals surface area contributed by atoms with Gasteiger partial charge in [-0.3, -0.25) is 0 Å². The molecule has 0 amide bonds. The average Bonchev–Trinajstić information content (AvgIpc) is 3.84. The van der Waals surface area contributed by atoms with Crippen LogP contribution in [0.3, 0.4) is 0 Å². The molecule has 1 atom stereocenters. The van der Waals surface area contributed by atoms with Gasteiger partial charge in [0, 0.05) is 15.3 Å². The van der Waals surface area contributed by atoms with Crippen LogP contribution in [0.5, 0.6) is 11.5 Å². The highest BCUT2D eigenvalue weighted by Crippen LogP contribution is 2.55. The molecule has 1 aliphatic rings. The minimum absolute atomic E-state index is 0.288. The summed E-state index contributed by atoms with van der Waals surface area (Å²) in [4.78, 5) is 4.06. The third-order valence-electron chi connectivity index (χ3n) is 8.01. The van der Waals surface area contributed by atoms with Crippen LogP contribution in [-0.2, 0) is 11.4 Å². The monoisotopic (exact) mass is 666 g/mol. The third-order valence-corrected chi connectivity index (χ3v) is 11.1. The second-order valence-electron chi connectivity index (χ2n) is 11.1. The normalized spacial score (nSPS) is 12.3. The van der Waals surface area contributed by atoms with E-state index < -0.39 is 0 Å². The molecule has 3 heterocycles. The summed E-state index contributed by atoms with van der Waals surface area (Å²) in [7, 11) is 0. The predicted molar refractivity (Wildman–Crippen MR) is 193 cm³/mol. The summed E-state index contributed by atoms with van der Waals surface area (Å²) in [6.07, 6.45) is 4.83. The summed E-state index contributed by atoms with van der Waals surface area (Å²) >= 11 is 4.42. The van der Waals surface area contributed by atoms with E-state index in [-0.39, 0.29) is 5.82 Å². The van der Waals surface area contributed by atoms with Crippen LogP contribution in [0.2, 0.25) is 0 Å². The lowest BCUT2D eigenvalue weighted by Gasteiger charge is -2.15. The number of hydrogen-bond donors (Lipinski definition) is 0. The number of rotatable bonds is 13. The zero-order valence-electron chi connectivity index (χ0n) is 26.1. The number of hydrogen-bond acceptors (Lipinski definition) is 6. The lowest BCUT2D eigenvalue weighted by molar-refractivity contribution is 0.233. The maximum absolute atomic E-state index is 15.7. The zero-order chi connectivity index (χ0) is 31.9. The minimum atomic E-state index is -0.288. The lowest BCUT2D eigenvalue weighted by Crippen LogP contribution is -2.11. The van der Waals surface area contributed by atoms with Gasteiger partial charge in [-0.25, -0.2) is 4.39 Å². The van der Waals surface area contributed by atoms with Crippen molar-refractivity contribution in [3.8, 4) is 65.1 Å². The van der Waals surface area contributed by atoms with E-state index in [9.17, 15) is 0 Å². The Bertz CT molecular complexity index is 1940. The van der Waals surface area contributed by atoms with Gasteiger partial charge in [-0.15, -0.1) is 28.6 Å². The van der Waals surface area contributed by atoms with Crippen LogP contribution in [0.15, 0.2) is 87.6 Å². The molecule has 0 radical (unpaired) electrons. The molecule has 0 bridgehead atoms. The van der Waals surface area contributed by atoms with Gasteiger partial charge in [-0.05, 0) is 96.6 Å². The van der Waals surface area contributed by atoms with Crippen molar-refractivity contribution in [3.05, 3.63) is 84.7 Å². The molecule has 0 aliphatic carbocycles. The van der Waals surface area contributed by atoms with Gasteiger partial charge in [0.2, 0.25) is 0 Å². The number of nitrogens with zero attached hydrogens (tertiary/aromatic N) is 2. The summed E-state index contributed by atoms with van der Waals surface area (Å²) in [5, 5.41) is 0. The molecule has 0 spiro atoms. The molecule has 3 aromatic carbocycles. The topological polar surface area (TPSA) is 43.2 Å². The van der Waals surface area contributed by atoms with E-state index in [4.69, 9.17) is 9.47 Å². The zero-order valence-corrected chi connectivity index (χ0v) is 28.6. The molecule has 234 valence electrons. The van der Waals surface area contributed by atoms with E-state index in [0.29, 0.717) is 18.1 Å². The highest BCUT2D eigenvalue weighted by Gasteiger charge is 2.25. The number of benzene rings is 3. The Morgan fingerprint density at radius 2 is 1.43 bits per heavy atom. The Balaban J connectivity index is 1.19. The van der Waals surface area contributed by atoms with Gasteiger partial charge < -0.3 is 9.47 Å². The van der Waals surface area contributed by atoms with Crippen molar-refractivity contribution in [1.29, 1.82) is 0 Å². The largest absolute Gasteiger partial charge is 0.493 e. The maximum atomic E-state index is 15.7. The number of unbranched alkanes of at least 4 members (excludes halogenated alkanes) is 1. The highest BCUT2D eigenvalue weighted by atomic mass is 32.1. The Kier molecular flexibility index (Phi) is 10.4. The van der Waals surface area contributed by atoms with Gasteiger partial charge in [0.15, 0.2) is 0 Å². The van der Waals surface area contributed by atoms with E-state index in [1.54, 1.807) is 35.7 Å². The van der Waals surface area contributed by atoms with Gasteiger partial charge in [0.05, 0.1) is 27.7 Å². The predicted octanol–water partition coefficient (Wildman–Crippen LogP) is 12.3. The highest BCUT2D eigenvalue weighted by molar-refractivity contribution is 7.58. The maximum Gasteiger partial charge on any atom is 0.149 e. The van der Waals surface area contributed by atoms with Gasteiger partial charge in [0.25, 0.3) is 0 Å². The van der Waals surface area contributed by atoms with Gasteiger partial charge >= 0.3 is 0 Å². The Morgan fingerprint density at radius 3 is 2.13 bits per heavy atom. The summed E-state index contributed by atoms with van der Waals surface area (Å²) < 4.78 is 36.6. The SMILES string of the molecule is CC#CCOc1ccc(-c2ccc(-c3sc(-c4ccc(-c5ccc(OCC(CC)CCCC)cc5)s4)c4c3N=S=N4)c(F)c2)cc1. The molecule has 0 N–H and O–H groups in total. The number of thiophene rings is 2. The molecular weight excluding hydrogens is 632 g/mol. The first-order valence-electron chi connectivity index (χ1n) is 15.6. The molecule has 8 heteroatoms. The summed E-state index contributed by atoms with van der Waals surface area (Å²) in [5.74, 6) is 7.65. The summed E-state index contributed by atoms with van der Waals surface area (Å²) in [5.41, 5.74) is 4.95. The van der Waals surface area contributed by atoms with Crippen LogP contribution in [-0.4, -0.2) is 13.2 Å². The van der Waals surface area contributed by atoms with Crippen molar-refractivity contribution in [1.82, 2.24) is 0 Å². The summed E-state index contributed by atoms with van der Waals surface area (Å²) in [6.45, 7) is 7.36. The van der Waals surface area contributed by atoms with Crippen LogP contribution >= 0.6 is 22.7 Å². The molecule has 0 fully saturated rings. The molecule has 0 saturated carbocycles. The first-order valence-corrected chi connectivity index (χ1v) is 18.0.